The van der Waals surface area contributed by atoms with Crippen LogP contribution in [0.15, 0.2) is 77.7 Å². The Morgan fingerprint density at radius 3 is 2.58 bits per heavy atom. The van der Waals surface area contributed by atoms with E-state index in [-0.39, 0.29) is 23.0 Å². The maximum atomic E-state index is 13.9. The highest BCUT2D eigenvalue weighted by atomic mass is 35.5. The zero-order valence-corrected chi connectivity index (χ0v) is 21.5. The number of hydrogen-bond donors (Lipinski definition) is 1. The van der Waals surface area contributed by atoms with Crippen molar-refractivity contribution in [2.24, 2.45) is 0 Å². The van der Waals surface area contributed by atoms with Gasteiger partial charge in [0, 0.05) is 29.4 Å². The van der Waals surface area contributed by atoms with Crippen LogP contribution in [0.3, 0.4) is 0 Å². The molecule has 0 bridgehead atoms. The standard InChI is InChI=1S/C29H26ClFN4O3/c1-19-15-24(11-12-25(19)30)38-26-18-32-35(23-10-6-8-21(31)17-23)29(37)27(26)33-22-9-5-7-20(16-22)28(36)34-13-3-2-4-14-34/h5-12,15-18,33H,2-4,13-14H2,1H3. The predicted octanol–water partition coefficient (Wildman–Crippen LogP) is 6.50. The van der Waals surface area contributed by atoms with E-state index in [1.54, 1.807) is 48.5 Å². The van der Waals surface area contributed by atoms with Gasteiger partial charge in [-0.2, -0.15) is 9.78 Å². The molecule has 4 aromatic rings. The number of aryl methyl sites for hydroxylation is 1. The number of anilines is 2. The second-order valence-corrected chi connectivity index (χ2v) is 9.56. The Balaban J connectivity index is 1.53. The van der Waals surface area contributed by atoms with Crippen molar-refractivity contribution in [1.29, 1.82) is 0 Å². The van der Waals surface area contributed by atoms with Crippen molar-refractivity contribution in [1.82, 2.24) is 14.7 Å². The zero-order chi connectivity index (χ0) is 26.6. The van der Waals surface area contributed by atoms with Crippen molar-refractivity contribution < 1.29 is 13.9 Å². The summed E-state index contributed by atoms with van der Waals surface area (Å²) in [4.78, 5) is 28.5. The van der Waals surface area contributed by atoms with Gasteiger partial charge in [-0.3, -0.25) is 9.59 Å². The van der Waals surface area contributed by atoms with E-state index in [0.29, 0.717) is 22.0 Å². The van der Waals surface area contributed by atoms with E-state index in [4.69, 9.17) is 16.3 Å². The van der Waals surface area contributed by atoms with E-state index in [9.17, 15) is 14.0 Å². The van der Waals surface area contributed by atoms with Gasteiger partial charge in [-0.15, -0.1) is 0 Å². The number of nitrogens with one attached hydrogen (secondary N) is 1. The van der Waals surface area contributed by atoms with Crippen LogP contribution in [0.2, 0.25) is 5.02 Å². The summed E-state index contributed by atoms with van der Waals surface area (Å²) >= 11 is 6.15. The lowest BCUT2D eigenvalue weighted by molar-refractivity contribution is 0.0724. The van der Waals surface area contributed by atoms with Crippen LogP contribution in [0.25, 0.3) is 5.69 Å². The number of piperidine rings is 1. The molecule has 1 N–H and O–H groups in total. The molecule has 9 heteroatoms. The smallest absolute Gasteiger partial charge is 0.299 e. The molecule has 1 fully saturated rings. The maximum Gasteiger partial charge on any atom is 0.299 e. The Hall–Kier alpha value is -4.17. The van der Waals surface area contributed by atoms with Gasteiger partial charge in [0.05, 0.1) is 11.9 Å². The summed E-state index contributed by atoms with van der Waals surface area (Å²) < 4.78 is 21.0. The van der Waals surface area contributed by atoms with Crippen LogP contribution < -0.4 is 15.6 Å². The summed E-state index contributed by atoms with van der Waals surface area (Å²) in [5.41, 5.74) is 1.65. The lowest BCUT2D eigenvalue weighted by Crippen LogP contribution is -2.35. The van der Waals surface area contributed by atoms with Crippen LogP contribution >= 0.6 is 11.6 Å². The molecule has 2 heterocycles. The first-order valence-corrected chi connectivity index (χ1v) is 12.8. The molecule has 38 heavy (non-hydrogen) atoms. The normalized spacial score (nSPS) is 13.3. The fraction of sp³-hybridized carbons (Fsp3) is 0.207. The van der Waals surface area contributed by atoms with E-state index in [1.807, 2.05) is 11.8 Å². The second kappa shape index (κ2) is 11.1. The number of halogens is 2. The van der Waals surface area contributed by atoms with E-state index in [0.717, 1.165) is 42.6 Å². The van der Waals surface area contributed by atoms with Gasteiger partial charge in [-0.25, -0.2) is 4.39 Å². The molecule has 0 atom stereocenters. The van der Waals surface area contributed by atoms with Gasteiger partial charge in [0.15, 0.2) is 11.4 Å². The van der Waals surface area contributed by atoms with Gasteiger partial charge >= 0.3 is 0 Å². The molecule has 194 valence electrons. The maximum absolute atomic E-state index is 13.9. The molecule has 0 radical (unpaired) electrons. The number of ether oxygens (including phenoxy) is 1. The molecule has 7 nitrogen and oxygen atoms in total. The highest BCUT2D eigenvalue weighted by Crippen LogP contribution is 2.31. The highest BCUT2D eigenvalue weighted by Gasteiger charge is 2.20. The van der Waals surface area contributed by atoms with Crippen molar-refractivity contribution >= 4 is 28.9 Å². The number of amides is 1. The van der Waals surface area contributed by atoms with Crippen LogP contribution in [0.4, 0.5) is 15.8 Å². The first-order valence-electron chi connectivity index (χ1n) is 12.4. The molecular weight excluding hydrogens is 507 g/mol. The van der Waals surface area contributed by atoms with E-state index < -0.39 is 11.4 Å². The molecule has 1 saturated heterocycles. The quantitative estimate of drug-likeness (QED) is 0.307. The van der Waals surface area contributed by atoms with Gasteiger partial charge in [0.1, 0.15) is 11.6 Å². The average molecular weight is 533 g/mol. The topological polar surface area (TPSA) is 76.5 Å². The van der Waals surface area contributed by atoms with E-state index in [2.05, 4.69) is 10.4 Å². The van der Waals surface area contributed by atoms with Gasteiger partial charge in [-0.05, 0) is 86.3 Å². The summed E-state index contributed by atoms with van der Waals surface area (Å²) in [7, 11) is 0. The third kappa shape index (κ3) is 5.55. The fourth-order valence-electron chi connectivity index (χ4n) is 4.38. The number of aromatic nitrogens is 2. The van der Waals surface area contributed by atoms with E-state index >= 15 is 0 Å². The lowest BCUT2D eigenvalue weighted by atomic mass is 10.1. The largest absolute Gasteiger partial charge is 0.453 e. The summed E-state index contributed by atoms with van der Waals surface area (Å²) in [6.07, 6.45) is 4.50. The fourth-order valence-corrected chi connectivity index (χ4v) is 4.50. The predicted molar refractivity (Wildman–Crippen MR) is 146 cm³/mol. The Bertz CT molecular complexity index is 1550. The molecule has 0 spiro atoms. The minimum absolute atomic E-state index is 0.0478. The number of hydrogen-bond acceptors (Lipinski definition) is 5. The Morgan fingerprint density at radius 2 is 1.82 bits per heavy atom. The summed E-state index contributed by atoms with van der Waals surface area (Å²) in [6.45, 7) is 3.31. The number of carbonyl (C=O) groups excluding carboxylic acids is 1. The average Bonchev–Trinajstić information content (AvgIpc) is 2.93. The third-order valence-electron chi connectivity index (χ3n) is 6.38. The number of rotatable bonds is 6. The molecule has 5 rings (SSSR count). The van der Waals surface area contributed by atoms with Crippen LogP contribution in [0, 0.1) is 12.7 Å². The molecule has 1 aliphatic rings. The monoisotopic (exact) mass is 532 g/mol. The zero-order valence-electron chi connectivity index (χ0n) is 20.8. The Labute approximate surface area is 224 Å². The molecule has 1 aromatic heterocycles. The first-order chi connectivity index (χ1) is 18.4. The van der Waals surface area contributed by atoms with Crippen molar-refractivity contribution in [3.63, 3.8) is 0 Å². The molecule has 3 aromatic carbocycles. The highest BCUT2D eigenvalue weighted by molar-refractivity contribution is 6.31. The van der Waals surface area contributed by atoms with Gasteiger partial charge < -0.3 is 15.0 Å². The minimum atomic E-state index is -0.549. The molecule has 1 amide bonds. The van der Waals surface area contributed by atoms with Gasteiger partial charge in [0.2, 0.25) is 0 Å². The summed E-state index contributed by atoms with van der Waals surface area (Å²) in [6, 6.07) is 17.7. The SMILES string of the molecule is Cc1cc(Oc2cnn(-c3cccc(F)c3)c(=O)c2Nc2cccc(C(=O)N3CCCCC3)c2)ccc1Cl. The van der Waals surface area contributed by atoms with Crippen LogP contribution in [0.5, 0.6) is 11.5 Å². The van der Waals surface area contributed by atoms with E-state index in [1.165, 1.54) is 24.4 Å². The van der Waals surface area contributed by atoms with Crippen LogP contribution in [0.1, 0.15) is 35.2 Å². The molecular formula is C29H26ClFN4O3. The van der Waals surface area contributed by atoms with Crippen LogP contribution in [-0.2, 0) is 0 Å². The molecule has 1 aliphatic heterocycles. The Kier molecular flexibility index (Phi) is 7.42. The second-order valence-electron chi connectivity index (χ2n) is 9.15. The summed E-state index contributed by atoms with van der Waals surface area (Å²) in [5.74, 6) is 0.0887. The Morgan fingerprint density at radius 1 is 1.03 bits per heavy atom. The number of benzene rings is 3. The van der Waals surface area contributed by atoms with Crippen molar-refractivity contribution in [3.05, 3.63) is 105 Å². The van der Waals surface area contributed by atoms with Gasteiger partial charge in [-0.1, -0.05) is 23.7 Å². The third-order valence-corrected chi connectivity index (χ3v) is 6.80. The first kappa shape index (κ1) is 25.5. The van der Waals surface area contributed by atoms with Crippen molar-refractivity contribution in [2.75, 3.05) is 18.4 Å². The minimum Gasteiger partial charge on any atom is -0.453 e. The van der Waals surface area contributed by atoms with Gasteiger partial charge in [0.25, 0.3) is 11.5 Å². The van der Waals surface area contributed by atoms with Crippen molar-refractivity contribution in [3.8, 4) is 17.2 Å². The molecule has 0 aliphatic carbocycles. The molecule has 0 saturated carbocycles. The summed E-state index contributed by atoms with van der Waals surface area (Å²) in [5, 5.41) is 7.93. The number of carbonyl (C=O) groups is 1. The number of nitrogens with zero attached hydrogens (tertiary/aromatic N) is 3. The van der Waals surface area contributed by atoms with Crippen molar-refractivity contribution in [2.45, 2.75) is 26.2 Å². The molecule has 0 unspecified atom stereocenters. The number of likely N-dealkylation sites (tertiary alicyclic amines) is 1. The van der Waals surface area contributed by atoms with Crippen LogP contribution in [-0.4, -0.2) is 33.7 Å². The lowest BCUT2D eigenvalue weighted by Gasteiger charge is -2.26.